The Kier molecular flexibility index (Phi) is 5.65. The van der Waals surface area contributed by atoms with Crippen LogP contribution in [0.1, 0.15) is 35.7 Å². The van der Waals surface area contributed by atoms with Crippen molar-refractivity contribution in [1.29, 1.82) is 0 Å². The average Bonchev–Trinajstić information content (AvgIpc) is 2.63. The van der Waals surface area contributed by atoms with Crippen molar-refractivity contribution in [2.75, 3.05) is 19.6 Å². The lowest BCUT2D eigenvalue weighted by Crippen LogP contribution is -2.36. The third-order valence-electron chi connectivity index (χ3n) is 4.67. The second-order valence-corrected chi connectivity index (χ2v) is 6.68. The number of Topliss-reactive ketones (excluding diaryl/α,β-unsaturated/α-hetero) is 1. The van der Waals surface area contributed by atoms with Crippen LogP contribution in [0.5, 0.6) is 5.75 Å². The maximum absolute atomic E-state index is 12.4. The van der Waals surface area contributed by atoms with E-state index < -0.39 is 0 Å². The SMILES string of the molecule is CC1CCN(CC(=O)c2ccc(OCc3ccccc3)cc2)CC1. The number of ketones is 1. The Hall–Kier alpha value is -2.13. The van der Waals surface area contributed by atoms with Crippen molar-refractivity contribution in [3.05, 3.63) is 65.7 Å². The Morgan fingerprint density at radius 2 is 1.71 bits per heavy atom. The van der Waals surface area contributed by atoms with Crippen LogP contribution in [0, 0.1) is 5.92 Å². The van der Waals surface area contributed by atoms with Crippen molar-refractivity contribution in [2.24, 2.45) is 5.92 Å². The summed E-state index contributed by atoms with van der Waals surface area (Å²) in [6.07, 6.45) is 2.39. The van der Waals surface area contributed by atoms with Gasteiger partial charge in [-0.15, -0.1) is 0 Å². The fourth-order valence-corrected chi connectivity index (χ4v) is 2.99. The van der Waals surface area contributed by atoms with Crippen LogP contribution < -0.4 is 4.74 Å². The molecule has 1 heterocycles. The molecule has 0 bridgehead atoms. The van der Waals surface area contributed by atoms with Gasteiger partial charge in [-0.1, -0.05) is 37.3 Å². The van der Waals surface area contributed by atoms with E-state index in [-0.39, 0.29) is 5.78 Å². The maximum Gasteiger partial charge on any atom is 0.176 e. The Balaban J connectivity index is 1.51. The highest BCUT2D eigenvalue weighted by Crippen LogP contribution is 2.18. The summed E-state index contributed by atoms with van der Waals surface area (Å²) in [6.45, 7) is 5.42. The molecule has 1 fully saturated rings. The number of likely N-dealkylation sites (tertiary alicyclic amines) is 1. The van der Waals surface area contributed by atoms with Crippen molar-refractivity contribution in [2.45, 2.75) is 26.4 Å². The summed E-state index contributed by atoms with van der Waals surface area (Å²) < 4.78 is 5.77. The molecule has 0 aromatic heterocycles. The monoisotopic (exact) mass is 323 g/mol. The fraction of sp³-hybridized carbons (Fsp3) is 0.381. The van der Waals surface area contributed by atoms with Crippen molar-refractivity contribution in [1.82, 2.24) is 4.90 Å². The van der Waals surface area contributed by atoms with Crippen LogP contribution in [0.15, 0.2) is 54.6 Å². The first kappa shape index (κ1) is 16.7. The molecule has 0 N–H and O–H groups in total. The minimum absolute atomic E-state index is 0.194. The fourth-order valence-electron chi connectivity index (χ4n) is 2.99. The highest BCUT2D eigenvalue weighted by atomic mass is 16.5. The molecule has 0 aliphatic carbocycles. The largest absolute Gasteiger partial charge is 0.489 e. The van der Waals surface area contributed by atoms with Crippen molar-refractivity contribution in [3.63, 3.8) is 0 Å². The van der Waals surface area contributed by atoms with Crippen LogP contribution in [0.4, 0.5) is 0 Å². The zero-order valence-electron chi connectivity index (χ0n) is 14.3. The van der Waals surface area contributed by atoms with E-state index in [1.165, 1.54) is 12.8 Å². The number of hydrogen-bond acceptors (Lipinski definition) is 3. The van der Waals surface area contributed by atoms with Crippen LogP contribution in [0.3, 0.4) is 0 Å². The molecule has 1 saturated heterocycles. The summed E-state index contributed by atoms with van der Waals surface area (Å²) in [4.78, 5) is 14.7. The summed E-state index contributed by atoms with van der Waals surface area (Å²) in [7, 11) is 0. The third-order valence-corrected chi connectivity index (χ3v) is 4.67. The first-order valence-electron chi connectivity index (χ1n) is 8.73. The van der Waals surface area contributed by atoms with Gasteiger partial charge in [-0.3, -0.25) is 9.69 Å². The van der Waals surface area contributed by atoms with Crippen LogP contribution in [-0.4, -0.2) is 30.3 Å². The highest BCUT2D eigenvalue weighted by molar-refractivity contribution is 5.97. The molecule has 1 aliphatic rings. The lowest BCUT2D eigenvalue weighted by Gasteiger charge is -2.29. The van der Waals surface area contributed by atoms with Gasteiger partial charge in [-0.25, -0.2) is 0 Å². The molecule has 2 aromatic carbocycles. The summed E-state index contributed by atoms with van der Waals surface area (Å²) in [5.41, 5.74) is 1.90. The molecule has 1 aliphatic heterocycles. The number of rotatable bonds is 6. The van der Waals surface area contributed by atoms with Crippen molar-refractivity contribution < 1.29 is 9.53 Å². The molecule has 0 amide bonds. The lowest BCUT2D eigenvalue weighted by molar-refractivity contribution is 0.0900. The molecule has 126 valence electrons. The summed E-state index contributed by atoms with van der Waals surface area (Å²) in [5, 5.41) is 0. The molecule has 0 atom stereocenters. The predicted octanol–water partition coefficient (Wildman–Crippen LogP) is 4.18. The van der Waals surface area contributed by atoms with E-state index in [0.29, 0.717) is 13.2 Å². The quantitative estimate of drug-likeness (QED) is 0.747. The molecular weight excluding hydrogens is 298 g/mol. The average molecular weight is 323 g/mol. The van der Waals surface area contributed by atoms with Gasteiger partial charge in [0.2, 0.25) is 0 Å². The summed E-state index contributed by atoms with van der Waals surface area (Å²) in [5.74, 6) is 1.78. The normalized spacial score (nSPS) is 16.0. The molecule has 2 aromatic rings. The molecule has 24 heavy (non-hydrogen) atoms. The highest BCUT2D eigenvalue weighted by Gasteiger charge is 2.18. The van der Waals surface area contributed by atoms with Crippen LogP contribution >= 0.6 is 0 Å². The van der Waals surface area contributed by atoms with Crippen LogP contribution in [0.25, 0.3) is 0 Å². The van der Waals surface area contributed by atoms with Gasteiger partial charge in [0, 0.05) is 5.56 Å². The minimum atomic E-state index is 0.194. The van der Waals surface area contributed by atoms with Gasteiger partial charge in [0.25, 0.3) is 0 Å². The van der Waals surface area contributed by atoms with E-state index >= 15 is 0 Å². The smallest absolute Gasteiger partial charge is 0.176 e. The van der Waals surface area contributed by atoms with E-state index in [4.69, 9.17) is 4.74 Å². The zero-order chi connectivity index (χ0) is 16.8. The Morgan fingerprint density at radius 3 is 2.38 bits per heavy atom. The van der Waals surface area contributed by atoms with E-state index in [9.17, 15) is 4.79 Å². The molecular formula is C21H25NO2. The molecule has 0 saturated carbocycles. The second-order valence-electron chi connectivity index (χ2n) is 6.68. The Labute approximate surface area is 144 Å². The number of benzene rings is 2. The van der Waals surface area contributed by atoms with E-state index in [1.807, 2.05) is 54.6 Å². The molecule has 0 unspecified atom stereocenters. The number of carbonyl (C=O) groups is 1. The van der Waals surface area contributed by atoms with E-state index in [0.717, 1.165) is 35.9 Å². The topological polar surface area (TPSA) is 29.5 Å². The van der Waals surface area contributed by atoms with E-state index in [1.54, 1.807) is 0 Å². The zero-order valence-corrected chi connectivity index (χ0v) is 14.3. The number of carbonyl (C=O) groups excluding carboxylic acids is 1. The molecule has 3 rings (SSSR count). The summed E-state index contributed by atoms with van der Waals surface area (Å²) >= 11 is 0. The van der Waals surface area contributed by atoms with E-state index in [2.05, 4.69) is 11.8 Å². The van der Waals surface area contributed by atoms with Crippen LogP contribution in [-0.2, 0) is 6.61 Å². The van der Waals surface area contributed by atoms with Gasteiger partial charge in [0.15, 0.2) is 5.78 Å². The van der Waals surface area contributed by atoms with Crippen molar-refractivity contribution in [3.8, 4) is 5.75 Å². The van der Waals surface area contributed by atoms with Gasteiger partial charge in [-0.05, 0) is 61.7 Å². The van der Waals surface area contributed by atoms with Gasteiger partial charge >= 0.3 is 0 Å². The molecule has 0 spiro atoms. The molecule has 0 radical (unpaired) electrons. The van der Waals surface area contributed by atoms with Gasteiger partial charge in [0.1, 0.15) is 12.4 Å². The Bertz CT molecular complexity index is 643. The first-order valence-corrected chi connectivity index (χ1v) is 8.73. The number of piperidine rings is 1. The van der Waals surface area contributed by atoms with Gasteiger partial charge in [-0.2, -0.15) is 0 Å². The Morgan fingerprint density at radius 1 is 1.04 bits per heavy atom. The van der Waals surface area contributed by atoms with Gasteiger partial charge in [0.05, 0.1) is 6.54 Å². The molecule has 3 heteroatoms. The number of hydrogen-bond donors (Lipinski definition) is 0. The third kappa shape index (κ3) is 4.68. The first-order chi connectivity index (χ1) is 11.7. The summed E-state index contributed by atoms with van der Waals surface area (Å²) in [6, 6.07) is 17.6. The standard InChI is InChI=1S/C21H25NO2/c1-17-11-13-22(14-12-17)15-21(23)19-7-9-20(10-8-19)24-16-18-5-3-2-4-6-18/h2-10,17H,11-16H2,1H3. The lowest BCUT2D eigenvalue weighted by atomic mass is 9.99. The molecule has 3 nitrogen and oxygen atoms in total. The van der Waals surface area contributed by atoms with Crippen LogP contribution in [0.2, 0.25) is 0 Å². The maximum atomic E-state index is 12.4. The predicted molar refractivity (Wildman–Crippen MR) is 96.4 cm³/mol. The number of ether oxygens (including phenoxy) is 1. The number of nitrogens with zero attached hydrogens (tertiary/aromatic N) is 1. The second kappa shape index (κ2) is 8.11. The minimum Gasteiger partial charge on any atom is -0.489 e. The van der Waals surface area contributed by atoms with Crippen molar-refractivity contribution >= 4 is 5.78 Å². The van der Waals surface area contributed by atoms with Gasteiger partial charge < -0.3 is 4.74 Å².